The molecule has 3 heterocycles. The maximum atomic E-state index is 12.5. The average Bonchev–Trinajstić information content (AvgIpc) is 3.00. The van der Waals surface area contributed by atoms with E-state index in [1.807, 2.05) is 25.1 Å². The predicted molar refractivity (Wildman–Crippen MR) is 97.2 cm³/mol. The van der Waals surface area contributed by atoms with Gasteiger partial charge in [-0.05, 0) is 50.1 Å². The van der Waals surface area contributed by atoms with Crippen molar-refractivity contribution in [3.63, 3.8) is 0 Å². The lowest BCUT2D eigenvalue weighted by molar-refractivity contribution is 0.0701. The standard InChI is InChI=1S/C19H21N5O/c1-12-9-14-10-13(4-5-16(14)21-12)17-6-7-18(23-22-17)19(25)24-8-2-3-15(20)11-24/h4-7,9-10,15,21H,2-3,8,11,20H2,1H3. The quantitative estimate of drug-likeness (QED) is 0.753. The minimum Gasteiger partial charge on any atom is -0.359 e. The van der Waals surface area contributed by atoms with Gasteiger partial charge in [-0.25, -0.2) is 0 Å². The molecular formula is C19H21N5O. The third kappa shape index (κ3) is 3.13. The van der Waals surface area contributed by atoms with Crippen molar-refractivity contribution in [2.24, 2.45) is 5.73 Å². The number of hydrogen-bond donors (Lipinski definition) is 2. The van der Waals surface area contributed by atoms with Gasteiger partial charge in [0, 0.05) is 41.3 Å². The first-order chi connectivity index (χ1) is 12.1. The number of carbonyl (C=O) groups is 1. The van der Waals surface area contributed by atoms with Crippen molar-refractivity contribution >= 4 is 16.8 Å². The molecule has 6 heteroatoms. The summed E-state index contributed by atoms with van der Waals surface area (Å²) in [6.45, 7) is 3.36. The van der Waals surface area contributed by atoms with Crippen LogP contribution in [-0.2, 0) is 0 Å². The highest BCUT2D eigenvalue weighted by molar-refractivity contribution is 5.92. The van der Waals surface area contributed by atoms with Crippen LogP contribution in [0.1, 0.15) is 29.0 Å². The molecule has 0 saturated carbocycles. The summed E-state index contributed by atoms with van der Waals surface area (Å²) in [6, 6.07) is 11.9. The van der Waals surface area contributed by atoms with E-state index in [1.165, 1.54) is 0 Å². The first kappa shape index (κ1) is 15.8. The zero-order valence-electron chi connectivity index (χ0n) is 14.2. The zero-order valence-corrected chi connectivity index (χ0v) is 14.2. The Bertz CT molecular complexity index is 915. The SMILES string of the molecule is Cc1cc2cc(-c3ccc(C(=O)N4CCCC(N)C4)nn3)ccc2[nH]1. The van der Waals surface area contributed by atoms with Crippen LogP contribution in [0.25, 0.3) is 22.2 Å². The highest BCUT2D eigenvalue weighted by Gasteiger charge is 2.23. The van der Waals surface area contributed by atoms with Gasteiger partial charge < -0.3 is 15.6 Å². The van der Waals surface area contributed by atoms with E-state index in [1.54, 1.807) is 11.0 Å². The molecule has 1 fully saturated rings. The van der Waals surface area contributed by atoms with Gasteiger partial charge in [0.05, 0.1) is 5.69 Å². The first-order valence-corrected chi connectivity index (χ1v) is 8.58. The van der Waals surface area contributed by atoms with E-state index in [4.69, 9.17) is 5.73 Å². The number of nitrogens with zero attached hydrogens (tertiary/aromatic N) is 3. The van der Waals surface area contributed by atoms with Gasteiger partial charge in [0.2, 0.25) is 0 Å². The largest absolute Gasteiger partial charge is 0.359 e. The Morgan fingerprint density at radius 2 is 2.12 bits per heavy atom. The summed E-state index contributed by atoms with van der Waals surface area (Å²) in [7, 11) is 0. The van der Waals surface area contributed by atoms with Crippen LogP contribution in [0.3, 0.4) is 0 Å². The molecule has 3 aromatic rings. The zero-order chi connectivity index (χ0) is 17.4. The summed E-state index contributed by atoms with van der Waals surface area (Å²) in [6.07, 6.45) is 1.91. The van der Waals surface area contributed by atoms with Crippen LogP contribution in [0.4, 0.5) is 0 Å². The molecule has 3 N–H and O–H groups in total. The summed E-state index contributed by atoms with van der Waals surface area (Å²) in [5.41, 5.74) is 10.3. The number of likely N-dealkylation sites (tertiary alicyclic amines) is 1. The fourth-order valence-electron chi connectivity index (χ4n) is 3.39. The van der Waals surface area contributed by atoms with E-state index in [2.05, 4.69) is 27.3 Å². The number of piperidine rings is 1. The van der Waals surface area contributed by atoms with Crippen LogP contribution < -0.4 is 5.73 Å². The lowest BCUT2D eigenvalue weighted by Crippen LogP contribution is -2.45. The van der Waals surface area contributed by atoms with Gasteiger partial charge >= 0.3 is 0 Å². The molecule has 0 spiro atoms. The van der Waals surface area contributed by atoms with E-state index in [-0.39, 0.29) is 11.9 Å². The van der Waals surface area contributed by atoms with Crippen molar-refractivity contribution in [1.29, 1.82) is 0 Å². The van der Waals surface area contributed by atoms with E-state index in [9.17, 15) is 4.79 Å². The molecule has 1 atom stereocenters. The monoisotopic (exact) mass is 335 g/mol. The summed E-state index contributed by atoms with van der Waals surface area (Å²) in [5, 5.41) is 9.55. The number of benzene rings is 1. The number of aromatic amines is 1. The van der Waals surface area contributed by atoms with Crippen LogP contribution in [0.15, 0.2) is 36.4 Å². The Hall–Kier alpha value is -2.73. The molecule has 1 aliphatic heterocycles. The van der Waals surface area contributed by atoms with E-state index >= 15 is 0 Å². The molecule has 1 aromatic carbocycles. The van der Waals surface area contributed by atoms with Crippen molar-refractivity contribution in [2.45, 2.75) is 25.8 Å². The Morgan fingerprint density at radius 1 is 1.24 bits per heavy atom. The Morgan fingerprint density at radius 3 is 2.88 bits per heavy atom. The number of rotatable bonds is 2. The van der Waals surface area contributed by atoms with E-state index in [0.717, 1.165) is 47.2 Å². The Balaban J connectivity index is 1.57. The Labute approximate surface area is 146 Å². The molecule has 1 aliphatic rings. The number of aryl methyl sites for hydroxylation is 1. The van der Waals surface area contributed by atoms with Gasteiger partial charge in [-0.3, -0.25) is 4.79 Å². The molecule has 128 valence electrons. The van der Waals surface area contributed by atoms with E-state index < -0.39 is 0 Å². The number of hydrogen-bond acceptors (Lipinski definition) is 4. The minimum atomic E-state index is -0.0917. The maximum Gasteiger partial charge on any atom is 0.274 e. The summed E-state index contributed by atoms with van der Waals surface area (Å²) in [5.74, 6) is -0.0917. The van der Waals surface area contributed by atoms with Crippen LogP contribution in [0, 0.1) is 6.92 Å². The Kier molecular flexibility index (Phi) is 3.97. The van der Waals surface area contributed by atoms with Crippen molar-refractivity contribution in [3.05, 3.63) is 47.8 Å². The van der Waals surface area contributed by atoms with Crippen molar-refractivity contribution in [3.8, 4) is 11.3 Å². The van der Waals surface area contributed by atoms with E-state index in [0.29, 0.717) is 12.2 Å². The predicted octanol–water partition coefficient (Wildman–Crippen LogP) is 2.50. The molecule has 0 aliphatic carbocycles. The lowest BCUT2D eigenvalue weighted by Gasteiger charge is -2.30. The van der Waals surface area contributed by atoms with Crippen LogP contribution in [-0.4, -0.2) is 45.1 Å². The first-order valence-electron chi connectivity index (χ1n) is 8.58. The number of fused-ring (bicyclic) bond motifs is 1. The van der Waals surface area contributed by atoms with Gasteiger partial charge in [0.1, 0.15) is 0 Å². The fourth-order valence-corrected chi connectivity index (χ4v) is 3.39. The number of carbonyl (C=O) groups excluding carboxylic acids is 1. The van der Waals surface area contributed by atoms with Crippen LogP contribution in [0.2, 0.25) is 0 Å². The molecule has 25 heavy (non-hydrogen) atoms. The molecule has 4 rings (SSSR count). The molecule has 1 amide bonds. The average molecular weight is 335 g/mol. The van der Waals surface area contributed by atoms with Gasteiger partial charge in [-0.1, -0.05) is 6.07 Å². The normalized spacial score (nSPS) is 17.8. The van der Waals surface area contributed by atoms with Crippen molar-refractivity contribution in [2.75, 3.05) is 13.1 Å². The third-order valence-corrected chi connectivity index (χ3v) is 4.68. The van der Waals surface area contributed by atoms with Crippen LogP contribution in [0.5, 0.6) is 0 Å². The fraction of sp³-hybridized carbons (Fsp3) is 0.316. The second kappa shape index (κ2) is 6.29. The highest BCUT2D eigenvalue weighted by atomic mass is 16.2. The highest BCUT2D eigenvalue weighted by Crippen LogP contribution is 2.23. The number of nitrogens with two attached hydrogens (primary N) is 1. The molecule has 6 nitrogen and oxygen atoms in total. The number of amides is 1. The number of aromatic nitrogens is 3. The third-order valence-electron chi connectivity index (χ3n) is 4.68. The second-order valence-electron chi connectivity index (χ2n) is 6.71. The minimum absolute atomic E-state index is 0.0569. The summed E-state index contributed by atoms with van der Waals surface area (Å²) >= 11 is 0. The second-order valence-corrected chi connectivity index (χ2v) is 6.71. The molecule has 1 saturated heterocycles. The molecule has 2 aromatic heterocycles. The van der Waals surface area contributed by atoms with Gasteiger partial charge in [0.25, 0.3) is 5.91 Å². The van der Waals surface area contributed by atoms with Gasteiger partial charge in [0.15, 0.2) is 5.69 Å². The number of H-pyrrole nitrogens is 1. The van der Waals surface area contributed by atoms with Gasteiger partial charge in [-0.15, -0.1) is 10.2 Å². The molecule has 0 bridgehead atoms. The van der Waals surface area contributed by atoms with Crippen molar-refractivity contribution in [1.82, 2.24) is 20.1 Å². The van der Waals surface area contributed by atoms with Crippen LogP contribution >= 0.6 is 0 Å². The molecular weight excluding hydrogens is 314 g/mol. The summed E-state index contributed by atoms with van der Waals surface area (Å²) in [4.78, 5) is 17.6. The topological polar surface area (TPSA) is 87.9 Å². The maximum absolute atomic E-state index is 12.5. The molecule has 0 radical (unpaired) electrons. The number of nitrogens with one attached hydrogen (secondary N) is 1. The summed E-state index contributed by atoms with van der Waals surface area (Å²) < 4.78 is 0. The van der Waals surface area contributed by atoms with Gasteiger partial charge in [-0.2, -0.15) is 0 Å². The lowest BCUT2D eigenvalue weighted by atomic mass is 10.1. The smallest absolute Gasteiger partial charge is 0.274 e. The van der Waals surface area contributed by atoms with Crippen molar-refractivity contribution < 1.29 is 4.79 Å². The molecule has 1 unspecified atom stereocenters.